The van der Waals surface area contributed by atoms with E-state index < -0.39 is 23.6 Å². The van der Waals surface area contributed by atoms with E-state index in [1.54, 1.807) is 0 Å². The lowest BCUT2D eigenvalue weighted by molar-refractivity contribution is -0.147. The number of guanidine groups is 2. The van der Waals surface area contributed by atoms with Gasteiger partial charge in [0.1, 0.15) is 6.04 Å². The fraction of sp³-hybridized carbons (Fsp3) is 0.667. The van der Waals surface area contributed by atoms with Crippen LogP contribution in [0.5, 0.6) is 0 Å². The maximum absolute atomic E-state index is 11.4. The maximum Gasteiger partial charge on any atom is 0.338 e. The van der Waals surface area contributed by atoms with E-state index in [1.165, 1.54) is 0 Å². The number of nitrogens with one attached hydrogen (secondary N) is 1. The fourth-order valence-electron chi connectivity index (χ4n) is 1.88. The quantitative estimate of drug-likeness (QED) is 0.0764. The predicted octanol–water partition coefficient (Wildman–Crippen LogP) is -3.12. The van der Waals surface area contributed by atoms with Crippen molar-refractivity contribution in [2.75, 3.05) is 13.1 Å². The summed E-state index contributed by atoms with van der Waals surface area (Å²) in [4.78, 5) is 30.2. The number of nitrogens with two attached hydrogens (primary N) is 5. The maximum atomic E-state index is 11.4. The van der Waals surface area contributed by atoms with Crippen molar-refractivity contribution in [2.45, 2.75) is 37.4 Å². The molecule has 0 saturated heterocycles. The number of aliphatic imine (C=N–C) groups is 2. The molecule has 0 unspecified atom stereocenters. The molecule has 0 heterocycles. The largest absolute Gasteiger partial charge is 0.480 e. The van der Waals surface area contributed by atoms with Crippen molar-refractivity contribution in [1.82, 2.24) is 5.32 Å². The van der Waals surface area contributed by atoms with Gasteiger partial charge in [0.25, 0.3) is 0 Å². The Balaban J connectivity index is 4.75. The Morgan fingerprint density at radius 2 is 1.50 bits per heavy atom. The molecule has 0 saturated carbocycles. The zero-order chi connectivity index (χ0) is 18.8. The molecule has 12 nitrogen and oxygen atoms in total. The molecule has 0 fully saturated rings. The molecule has 0 aromatic rings. The summed E-state index contributed by atoms with van der Waals surface area (Å²) in [5.41, 5.74) is 24.6. The van der Waals surface area contributed by atoms with E-state index in [2.05, 4.69) is 15.3 Å². The van der Waals surface area contributed by atoms with Crippen molar-refractivity contribution in [1.29, 1.82) is 0 Å². The van der Waals surface area contributed by atoms with Gasteiger partial charge in [-0.2, -0.15) is 0 Å². The highest BCUT2D eigenvalue weighted by Crippen LogP contribution is 2.11. The van der Waals surface area contributed by atoms with Crippen LogP contribution in [0.25, 0.3) is 0 Å². The number of aliphatic carboxylic acids is 2. The smallest absolute Gasteiger partial charge is 0.338 e. The summed E-state index contributed by atoms with van der Waals surface area (Å²) in [6, 6.07) is -1.16. The molecule has 0 spiro atoms. The summed E-state index contributed by atoms with van der Waals surface area (Å²) in [7, 11) is 0. The standard InChI is InChI=1S/C12H26N8O4/c13-10(14)18-5-1-3-7(8(21)22)20-12(17,9(23)24)4-2-6-19-11(15)16/h7,20H,1-6,17H2,(H,21,22)(H,23,24)(H4,13,14,18)(H4,15,16,19)/t7-,12-/m0/s1. The topological polar surface area (TPSA) is 241 Å². The highest BCUT2D eigenvalue weighted by atomic mass is 16.4. The van der Waals surface area contributed by atoms with Gasteiger partial charge in [0.05, 0.1) is 0 Å². The van der Waals surface area contributed by atoms with Crippen LogP contribution >= 0.6 is 0 Å². The molecule has 24 heavy (non-hydrogen) atoms. The molecule has 0 amide bonds. The number of rotatable bonds is 12. The molecule has 0 radical (unpaired) electrons. The molecule has 12 heteroatoms. The van der Waals surface area contributed by atoms with E-state index in [1.807, 2.05) is 0 Å². The molecule has 0 aliphatic rings. The molecule has 0 aliphatic heterocycles. The lowest BCUT2D eigenvalue weighted by Crippen LogP contribution is -2.64. The van der Waals surface area contributed by atoms with E-state index >= 15 is 0 Å². The summed E-state index contributed by atoms with van der Waals surface area (Å²) < 4.78 is 0. The number of carboxylic acid groups (broad SMARTS) is 2. The first kappa shape index (κ1) is 21.4. The number of carbonyl (C=O) groups is 2. The van der Waals surface area contributed by atoms with Gasteiger partial charge in [0.15, 0.2) is 17.6 Å². The van der Waals surface area contributed by atoms with Gasteiger partial charge in [-0.25, -0.2) is 4.79 Å². The van der Waals surface area contributed by atoms with Gasteiger partial charge in [0, 0.05) is 13.1 Å². The fourth-order valence-corrected chi connectivity index (χ4v) is 1.88. The van der Waals surface area contributed by atoms with Crippen molar-refractivity contribution < 1.29 is 19.8 Å². The van der Waals surface area contributed by atoms with Crippen LogP contribution in [0, 0.1) is 0 Å². The van der Waals surface area contributed by atoms with Gasteiger partial charge in [-0.1, -0.05) is 0 Å². The number of nitrogens with zero attached hydrogens (tertiary/aromatic N) is 2. The summed E-state index contributed by atoms with van der Waals surface area (Å²) in [5.74, 6) is -2.82. The number of hydrogen-bond donors (Lipinski definition) is 8. The summed E-state index contributed by atoms with van der Waals surface area (Å²) in [5, 5.41) is 21.0. The average Bonchev–Trinajstić information content (AvgIpc) is 2.46. The van der Waals surface area contributed by atoms with Crippen LogP contribution in [0.2, 0.25) is 0 Å². The molecule has 0 rings (SSSR count). The molecule has 13 N–H and O–H groups in total. The van der Waals surface area contributed by atoms with Crippen molar-refractivity contribution >= 4 is 23.9 Å². The van der Waals surface area contributed by atoms with E-state index in [9.17, 15) is 19.8 Å². The van der Waals surface area contributed by atoms with Gasteiger partial charge in [0.2, 0.25) is 0 Å². The molecule has 138 valence electrons. The van der Waals surface area contributed by atoms with Gasteiger partial charge in [-0.15, -0.1) is 0 Å². The van der Waals surface area contributed by atoms with Crippen molar-refractivity contribution in [3.8, 4) is 0 Å². The Hall–Kier alpha value is -2.60. The van der Waals surface area contributed by atoms with Gasteiger partial charge >= 0.3 is 11.9 Å². The zero-order valence-corrected chi connectivity index (χ0v) is 13.3. The zero-order valence-electron chi connectivity index (χ0n) is 13.3. The average molecular weight is 346 g/mol. The molecule has 0 aromatic heterocycles. The van der Waals surface area contributed by atoms with Crippen molar-refractivity contribution in [3.05, 3.63) is 0 Å². The number of carboxylic acids is 2. The minimum atomic E-state index is -1.92. The van der Waals surface area contributed by atoms with Crippen LogP contribution in [0.15, 0.2) is 9.98 Å². The molecular weight excluding hydrogens is 320 g/mol. The Labute approximate surface area is 139 Å². The third-order valence-electron chi connectivity index (χ3n) is 3.08. The van der Waals surface area contributed by atoms with Gasteiger partial charge in [-0.05, 0) is 25.7 Å². The van der Waals surface area contributed by atoms with Crippen LogP contribution in [0.4, 0.5) is 0 Å². The third-order valence-corrected chi connectivity index (χ3v) is 3.08. The SMILES string of the molecule is NC(N)=NCCC[C@H](N[C@@](N)(CCCN=C(N)N)C(=O)O)C(=O)O. The van der Waals surface area contributed by atoms with Crippen molar-refractivity contribution in [2.24, 2.45) is 38.7 Å². The second-order valence-corrected chi connectivity index (χ2v) is 5.17. The predicted molar refractivity (Wildman–Crippen MR) is 88.9 cm³/mol. The second-order valence-electron chi connectivity index (χ2n) is 5.17. The van der Waals surface area contributed by atoms with Crippen LogP contribution in [-0.4, -0.2) is 58.9 Å². The molecular formula is C12H26N8O4. The Kier molecular flexibility index (Phi) is 9.12. The van der Waals surface area contributed by atoms with E-state index in [0.717, 1.165) is 0 Å². The highest BCUT2D eigenvalue weighted by Gasteiger charge is 2.37. The van der Waals surface area contributed by atoms with Crippen LogP contribution < -0.4 is 34.0 Å². The molecule has 0 aliphatic carbocycles. The van der Waals surface area contributed by atoms with Crippen LogP contribution in [0.1, 0.15) is 25.7 Å². The monoisotopic (exact) mass is 346 g/mol. The summed E-state index contributed by atoms with van der Waals surface area (Å²) >= 11 is 0. The second kappa shape index (κ2) is 10.2. The van der Waals surface area contributed by atoms with Gasteiger partial charge < -0.3 is 38.9 Å². The highest BCUT2D eigenvalue weighted by molar-refractivity contribution is 5.80. The lowest BCUT2D eigenvalue weighted by atomic mass is 10.0. The van der Waals surface area contributed by atoms with E-state index in [0.29, 0.717) is 6.42 Å². The molecule has 2 atom stereocenters. The van der Waals surface area contributed by atoms with Crippen LogP contribution in [0.3, 0.4) is 0 Å². The minimum absolute atomic E-state index is 0.0587. The Morgan fingerprint density at radius 3 is 1.92 bits per heavy atom. The first-order valence-electron chi connectivity index (χ1n) is 7.22. The normalized spacial score (nSPS) is 14.2. The van der Waals surface area contributed by atoms with Crippen molar-refractivity contribution in [3.63, 3.8) is 0 Å². The molecule has 0 bridgehead atoms. The minimum Gasteiger partial charge on any atom is -0.480 e. The van der Waals surface area contributed by atoms with Gasteiger partial charge in [-0.3, -0.25) is 20.1 Å². The Bertz CT molecular complexity index is 487. The molecule has 0 aromatic carbocycles. The number of hydrogen-bond acceptors (Lipinski definition) is 6. The summed E-state index contributed by atoms with van der Waals surface area (Å²) in [6.45, 7) is 0.404. The first-order chi connectivity index (χ1) is 11.1. The lowest BCUT2D eigenvalue weighted by Gasteiger charge is -2.29. The Morgan fingerprint density at radius 1 is 1.00 bits per heavy atom. The van der Waals surface area contributed by atoms with E-state index in [-0.39, 0.29) is 44.3 Å². The van der Waals surface area contributed by atoms with E-state index in [4.69, 9.17) is 28.7 Å². The summed E-state index contributed by atoms with van der Waals surface area (Å²) in [6.07, 6.45) is 0.642. The first-order valence-corrected chi connectivity index (χ1v) is 7.22. The van der Waals surface area contributed by atoms with Crippen LogP contribution in [-0.2, 0) is 9.59 Å². The third kappa shape index (κ3) is 8.75.